The predicted molar refractivity (Wildman–Crippen MR) is 80.9 cm³/mol. The van der Waals surface area contributed by atoms with Crippen molar-refractivity contribution in [2.45, 2.75) is 52.6 Å². The lowest BCUT2D eigenvalue weighted by atomic mass is 10.0. The molecule has 106 valence electrons. The second kappa shape index (κ2) is 5.83. The highest BCUT2D eigenvalue weighted by atomic mass is 16.3. The van der Waals surface area contributed by atoms with Crippen molar-refractivity contribution in [1.82, 2.24) is 4.90 Å². The number of aryl methyl sites for hydroxylation is 2. The second-order valence-corrected chi connectivity index (χ2v) is 6.00. The molecule has 3 heteroatoms. The zero-order chi connectivity index (χ0) is 14.0. The summed E-state index contributed by atoms with van der Waals surface area (Å²) in [5.41, 5.74) is 3.22. The van der Waals surface area contributed by atoms with Gasteiger partial charge in [-0.1, -0.05) is 0 Å². The number of phenols is 1. The first-order chi connectivity index (χ1) is 8.97. The SMILES string of the molecule is Cc1cc(NC2CCN(C(C)C)CC2)c(C)cc1O. The summed E-state index contributed by atoms with van der Waals surface area (Å²) in [6.45, 7) is 10.9. The lowest BCUT2D eigenvalue weighted by molar-refractivity contribution is 0.177. The van der Waals surface area contributed by atoms with E-state index in [0.717, 1.165) is 11.1 Å². The topological polar surface area (TPSA) is 35.5 Å². The van der Waals surface area contributed by atoms with Gasteiger partial charge in [0.1, 0.15) is 5.75 Å². The normalized spacial score (nSPS) is 17.9. The van der Waals surface area contributed by atoms with Crippen molar-refractivity contribution in [2.75, 3.05) is 18.4 Å². The number of benzene rings is 1. The molecular weight excluding hydrogens is 236 g/mol. The van der Waals surface area contributed by atoms with Gasteiger partial charge in [0.05, 0.1) is 0 Å². The van der Waals surface area contributed by atoms with E-state index in [9.17, 15) is 5.11 Å². The molecule has 2 N–H and O–H groups in total. The first-order valence-electron chi connectivity index (χ1n) is 7.28. The average molecular weight is 262 g/mol. The second-order valence-electron chi connectivity index (χ2n) is 6.00. The number of aromatic hydroxyl groups is 1. The number of phenolic OH excluding ortho intramolecular Hbond substituents is 1. The fourth-order valence-corrected chi connectivity index (χ4v) is 2.74. The molecule has 2 rings (SSSR count). The minimum atomic E-state index is 0.387. The molecule has 0 unspecified atom stereocenters. The quantitative estimate of drug-likeness (QED) is 0.821. The summed E-state index contributed by atoms with van der Waals surface area (Å²) >= 11 is 0. The van der Waals surface area contributed by atoms with Crippen molar-refractivity contribution >= 4 is 5.69 Å². The Balaban J connectivity index is 1.98. The van der Waals surface area contributed by atoms with Crippen molar-refractivity contribution in [2.24, 2.45) is 0 Å². The Kier molecular flexibility index (Phi) is 4.35. The zero-order valence-electron chi connectivity index (χ0n) is 12.5. The molecule has 19 heavy (non-hydrogen) atoms. The Morgan fingerprint density at radius 3 is 2.37 bits per heavy atom. The van der Waals surface area contributed by atoms with Crippen LogP contribution in [0.2, 0.25) is 0 Å². The molecule has 0 bridgehead atoms. The van der Waals surface area contributed by atoms with Gasteiger partial charge in [-0.05, 0) is 63.8 Å². The molecule has 1 saturated heterocycles. The van der Waals surface area contributed by atoms with Gasteiger partial charge in [0.15, 0.2) is 0 Å². The van der Waals surface area contributed by atoms with Gasteiger partial charge in [-0.25, -0.2) is 0 Å². The summed E-state index contributed by atoms with van der Waals surface area (Å²) in [6.07, 6.45) is 2.38. The molecule has 0 amide bonds. The van der Waals surface area contributed by atoms with Crippen LogP contribution in [0, 0.1) is 13.8 Å². The Bertz CT molecular complexity index is 435. The van der Waals surface area contributed by atoms with Crippen LogP contribution in [0.5, 0.6) is 5.75 Å². The van der Waals surface area contributed by atoms with Crippen LogP contribution in [0.15, 0.2) is 12.1 Å². The van der Waals surface area contributed by atoms with Crippen LogP contribution in [0.1, 0.15) is 37.8 Å². The van der Waals surface area contributed by atoms with E-state index in [4.69, 9.17) is 0 Å². The number of hydrogen-bond donors (Lipinski definition) is 2. The van der Waals surface area contributed by atoms with Crippen LogP contribution in [0.25, 0.3) is 0 Å². The first kappa shape index (κ1) is 14.2. The Labute approximate surface area is 116 Å². The van der Waals surface area contributed by atoms with Gasteiger partial charge in [0.2, 0.25) is 0 Å². The van der Waals surface area contributed by atoms with Gasteiger partial charge in [-0.3, -0.25) is 0 Å². The monoisotopic (exact) mass is 262 g/mol. The van der Waals surface area contributed by atoms with Gasteiger partial charge >= 0.3 is 0 Å². The predicted octanol–water partition coefficient (Wildman–Crippen LogP) is 3.29. The van der Waals surface area contributed by atoms with E-state index in [1.165, 1.54) is 31.6 Å². The molecule has 1 aromatic rings. The van der Waals surface area contributed by atoms with Crippen molar-refractivity contribution in [3.63, 3.8) is 0 Å². The van der Waals surface area contributed by atoms with E-state index >= 15 is 0 Å². The minimum Gasteiger partial charge on any atom is -0.508 e. The molecule has 1 aliphatic rings. The molecule has 0 radical (unpaired) electrons. The molecule has 1 aliphatic heterocycles. The highest BCUT2D eigenvalue weighted by Gasteiger charge is 2.21. The fourth-order valence-electron chi connectivity index (χ4n) is 2.74. The third-order valence-corrected chi connectivity index (χ3v) is 4.16. The smallest absolute Gasteiger partial charge is 0.118 e. The van der Waals surface area contributed by atoms with Crippen molar-refractivity contribution in [3.8, 4) is 5.75 Å². The first-order valence-corrected chi connectivity index (χ1v) is 7.28. The lowest BCUT2D eigenvalue weighted by Crippen LogP contribution is -2.42. The molecular formula is C16H26N2O. The summed E-state index contributed by atoms with van der Waals surface area (Å²) in [4.78, 5) is 2.53. The maximum Gasteiger partial charge on any atom is 0.118 e. The van der Waals surface area contributed by atoms with Crippen LogP contribution in [-0.2, 0) is 0 Å². The van der Waals surface area contributed by atoms with Crippen LogP contribution < -0.4 is 5.32 Å². The van der Waals surface area contributed by atoms with Crippen molar-refractivity contribution < 1.29 is 5.11 Å². The van der Waals surface area contributed by atoms with E-state index in [-0.39, 0.29) is 0 Å². The molecule has 1 fully saturated rings. The Morgan fingerprint density at radius 2 is 1.79 bits per heavy atom. The third-order valence-electron chi connectivity index (χ3n) is 4.16. The highest BCUT2D eigenvalue weighted by molar-refractivity contribution is 5.57. The van der Waals surface area contributed by atoms with Crippen LogP contribution in [-0.4, -0.2) is 35.2 Å². The molecule has 1 aromatic carbocycles. The molecule has 0 saturated carbocycles. The molecule has 0 aromatic heterocycles. The highest BCUT2D eigenvalue weighted by Crippen LogP contribution is 2.27. The average Bonchev–Trinajstić information content (AvgIpc) is 2.36. The zero-order valence-corrected chi connectivity index (χ0v) is 12.5. The summed E-state index contributed by atoms with van der Waals surface area (Å²) in [6, 6.07) is 5.11. The molecule has 0 spiro atoms. The van der Waals surface area contributed by atoms with E-state index in [1.54, 1.807) is 0 Å². The van der Waals surface area contributed by atoms with E-state index in [2.05, 4.69) is 30.1 Å². The van der Waals surface area contributed by atoms with E-state index < -0.39 is 0 Å². The van der Waals surface area contributed by atoms with Gasteiger partial charge < -0.3 is 15.3 Å². The van der Waals surface area contributed by atoms with Crippen molar-refractivity contribution in [1.29, 1.82) is 0 Å². The van der Waals surface area contributed by atoms with Gasteiger partial charge in [-0.15, -0.1) is 0 Å². The lowest BCUT2D eigenvalue weighted by Gasteiger charge is -2.35. The summed E-state index contributed by atoms with van der Waals surface area (Å²) in [7, 11) is 0. The summed E-state index contributed by atoms with van der Waals surface area (Å²) < 4.78 is 0. The molecule has 1 heterocycles. The van der Waals surface area contributed by atoms with Gasteiger partial charge in [-0.2, -0.15) is 0 Å². The fraction of sp³-hybridized carbons (Fsp3) is 0.625. The van der Waals surface area contributed by atoms with Gasteiger partial charge in [0, 0.05) is 30.9 Å². The number of nitrogens with one attached hydrogen (secondary N) is 1. The number of likely N-dealkylation sites (tertiary alicyclic amines) is 1. The summed E-state index contributed by atoms with van der Waals surface area (Å²) in [5.74, 6) is 0.387. The number of hydrogen-bond acceptors (Lipinski definition) is 3. The van der Waals surface area contributed by atoms with E-state index in [0.29, 0.717) is 17.8 Å². The largest absolute Gasteiger partial charge is 0.508 e. The molecule has 0 atom stereocenters. The number of anilines is 1. The summed E-state index contributed by atoms with van der Waals surface area (Å²) in [5, 5.41) is 13.3. The van der Waals surface area contributed by atoms with Gasteiger partial charge in [0.25, 0.3) is 0 Å². The number of rotatable bonds is 3. The number of nitrogens with zero attached hydrogens (tertiary/aromatic N) is 1. The van der Waals surface area contributed by atoms with E-state index in [1.807, 2.05) is 19.9 Å². The maximum absolute atomic E-state index is 9.69. The Morgan fingerprint density at radius 1 is 1.16 bits per heavy atom. The maximum atomic E-state index is 9.69. The molecule has 0 aliphatic carbocycles. The van der Waals surface area contributed by atoms with Crippen LogP contribution in [0.3, 0.4) is 0 Å². The van der Waals surface area contributed by atoms with Crippen LogP contribution >= 0.6 is 0 Å². The minimum absolute atomic E-state index is 0.387. The molecule has 3 nitrogen and oxygen atoms in total. The standard InChI is InChI=1S/C16H26N2O/c1-11(2)18-7-5-14(6-8-18)17-15-9-13(4)16(19)10-12(15)3/h9-11,14,17,19H,5-8H2,1-4H3. The van der Waals surface area contributed by atoms with Crippen LogP contribution in [0.4, 0.5) is 5.69 Å². The van der Waals surface area contributed by atoms with Crippen molar-refractivity contribution in [3.05, 3.63) is 23.3 Å². The number of piperidine rings is 1. The third kappa shape index (κ3) is 3.41. The Hall–Kier alpha value is -1.22.